The van der Waals surface area contributed by atoms with E-state index in [0.29, 0.717) is 5.92 Å². The normalized spacial score (nSPS) is 17.9. The number of hydrogen-bond acceptors (Lipinski definition) is 3. The van der Waals surface area contributed by atoms with Crippen LogP contribution in [0.5, 0.6) is 0 Å². The molecule has 3 heteroatoms. The van der Waals surface area contributed by atoms with E-state index in [-0.39, 0.29) is 0 Å². The summed E-state index contributed by atoms with van der Waals surface area (Å²) in [6.45, 7) is 6.58. The van der Waals surface area contributed by atoms with Crippen LogP contribution < -0.4 is 5.32 Å². The Morgan fingerprint density at radius 2 is 1.88 bits per heavy atom. The van der Waals surface area contributed by atoms with Gasteiger partial charge in [-0.2, -0.15) is 0 Å². The van der Waals surface area contributed by atoms with Crippen LogP contribution in [0.4, 0.5) is 0 Å². The molecular formula is C13H21N3. The highest BCUT2D eigenvalue weighted by molar-refractivity contribution is 5.08. The lowest BCUT2D eigenvalue weighted by Gasteiger charge is -2.22. The Bertz CT molecular complexity index is 312. The second-order valence-electron chi connectivity index (χ2n) is 5.00. The number of piperidine rings is 1. The van der Waals surface area contributed by atoms with E-state index in [4.69, 9.17) is 0 Å². The van der Waals surface area contributed by atoms with Gasteiger partial charge in [0, 0.05) is 18.3 Å². The molecule has 0 unspecified atom stereocenters. The maximum atomic E-state index is 4.42. The zero-order chi connectivity index (χ0) is 11.4. The Hall–Kier alpha value is -0.960. The topological polar surface area (TPSA) is 37.8 Å². The number of rotatable bonds is 3. The van der Waals surface area contributed by atoms with E-state index in [9.17, 15) is 0 Å². The van der Waals surface area contributed by atoms with Crippen molar-refractivity contribution in [3.63, 3.8) is 0 Å². The Morgan fingerprint density at radius 1 is 1.25 bits per heavy atom. The Labute approximate surface area is 97.7 Å². The van der Waals surface area contributed by atoms with Gasteiger partial charge in [-0.3, -0.25) is 0 Å². The summed E-state index contributed by atoms with van der Waals surface area (Å²) in [5.41, 5.74) is 1.29. The molecule has 2 heterocycles. The molecule has 0 radical (unpaired) electrons. The van der Waals surface area contributed by atoms with Gasteiger partial charge in [0.05, 0.1) is 0 Å². The van der Waals surface area contributed by atoms with Crippen molar-refractivity contribution < 1.29 is 0 Å². The monoisotopic (exact) mass is 219 g/mol. The molecule has 1 aromatic heterocycles. The van der Waals surface area contributed by atoms with E-state index >= 15 is 0 Å². The minimum atomic E-state index is 0.424. The maximum absolute atomic E-state index is 4.42. The van der Waals surface area contributed by atoms with Crippen molar-refractivity contribution in [3.8, 4) is 0 Å². The van der Waals surface area contributed by atoms with Crippen LogP contribution in [-0.2, 0) is 6.42 Å². The summed E-state index contributed by atoms with van der Waals surface area (Å²) in [6.07, 6.45) is 7.71. The average molecular weight is 219 g/mol. The smallest absolute Gasteiger partial charge is 0.130 e. The first kappa shape index (κ1) is 11.5. The van der Waals surface area contributed by atoms with E-state index in [1.807, 2.05) is 12.4 Å². The first-order valence-electron chi connectivity index (χ1n) is 6.27. The number of nitrogens with zero attached hydrogens (tertiary/aromatic N) is 2. The molecule has 1 aliphatic heterocycles. The Kier molecular flexibility index (Phi) is 3.88. The third-order valence-electron chi connectivity index (χ3n) is 3.22. The van der Waals surface area contributed by atoms with Gasteiger partial charge in [0.2, 0.25) is 0 Å². The molecule has 0 aromatic carbocycles. The summed E-state index contributed by atoms with van der Waals surface area (Å²) in [6, 6.07) is 0. The van der Waals surface area contributed by atoms with Crippen LogP contribution in [-0.4, -0.2) is 23.1 Å². The average Bonchev–Trinajstić information content (AvgIpc) is 2.31. The molecule has 16 heavy (non-hydrogen) atoms. The highest BCUT2D eigenvalue weighted by atomic mass is 14.9. The molecule has 3 nitrogen and oxygen atoms in total. The van der Waals surface area contributed by atoms with E-state index in [2.05, 4.69) is 29.1 Å². The standard InChI is InChI=1S/C13H21N3/c1-10(2)13-15-8-12(9-16-13)7-11-3-5-14-6-4-11/h8-11,14H,3-7H2,1-2H3. The van der Waals surface area contributed by atoms with Gasteiger partial charge in [0.25, 0.3) is 0 Å². The molecule has 0 amide bonds. The first-order valence-corrected chi connectivity index (χ1v) is 6.27. The maximum Gasteiger partial charge on any atom is 0.130 e. The molecule has 1 saturated heterocycles. The van der Waals surface area contributed by atoms with Crippen molar-refractivity contribution in [2.75, 3.05) is 13.1 Å². The van der Waals surface area contributed by atoms with Gasteiger partial charge < -0.3 is 5.32 Å². The van der Waals surface area contributed by atoms with Crippen LogP contribution in [0.1, 0.15) is 44.0 Å². The molecule has 0 bridgehead atoms. The molecule has 0 atom stereocenters. The fourth-order valence-corrected chi connectivity index (χ4v) is 2.19. The van der Waals surface area contributed by atoms with Gasteiger partial charge in [-0.1, -0.05) is 13.8 Å². The molecule has 1 aromatic rings. The van der Waals surface area contributed by atoms with Crippen LogP contribution in [0, 0.1) is 5.92 Å². The van der Waals surface area contributed by atoms with Crippen molar-refractivity contribution in [2.45, 2.75) is 39.0 Å². The van der Waals surface area contributed by atoms with Crippen molar-refractivity contribution in [3.05, 3.63) is 23.8 Å². The van der Waals surface area contributed by atoms with Crippen molar-refractivity contribution in [1.29, 1.82) is 0 Å². The quantitative estimate of drug-likeness (QED) is 0.846. The fourth-order valence-electron chi connectivity index (χ4n) is 2.19. The molecule has 0 spiro atoms. The van der Waals surface area contributed by atoms with Crippen molar-refractivity contribution >= 4 is 0 Å². The number of nitrogens with one attached hydrogen (secondary N) is 1. The van der Waals surface area contributed by atoms with Gasteiger partial charge in [-0.05, 0) is 43.8 Å². The third-order valence-corrected chi connectivity index (χ3v) is 3.22. The predicted molar refractivity (Wildman–Crippen MR) is 65.4 cm³/mol. The summed E-state index contributed by atoms with van der Waals surface area (Å²) in [7, 11) is 0. The third kappa shape index (κ3) is 3.01. The number of aromatic nitrogens is 2. The Morgan fingerprint density at radius 3 is 2.44 bits per heavy atom. The molecule has 0 saturated carbocycles. The predicted octanol–water partition coefficient (Wildman–Crippen LogP) is 2.14. The van der Waals surface area contributed by atoms with Gasteiger partial charge in [0.15, 0.2) is 0 Å². The van der Waals surface area contributed by atoms with Crippen molar-refractivity contribution in [2.24, 2.45) is 5.92 Å². The number of hydrogen-bond donors (Lipinski definition) is 1. The van der Waals surface area contributed by atoms with Gasteiger partial charge in [-0.15, -0.1) is 0 Å². The minimum absolute atomic E-state index is 0.424. The second kappa shape index (κ2) is 5.39. The first-order chi connectivity index (χ1) is 7.75. The zero-order valence-corrected chi connectivity index (χ0v) is 10.2. The SMILES string of the molecule is CC(C)c1ncc(CC2CCNCC2)cn1. The summed E-state index contributed by atoms with van der Waals surface area (Å²) < 4.78 is 0. The summed E-state index contributed by atoms with van der Waals surface area (Å²) in [4.78, 5) is 8.83. The van der Waals surface area contributed by atoms with Gasteiger partial charge >= 0.3 is 0 Å². The van der Waals surface area contributed by atoms with E-state index < -0.39 is 0 Å². The van der Waals surface area contributed by atoms with E-state index in [1.54, 1.807) is 0 Å². The molecular weight excluding hydrogens is 198 g/mol. The lowest BCUT2D eigenvalue weighted by Crippen LogP contribution is -2.28. The van der Waals surface area contributed by atoms with E-state index in [0.717, 1.165) is 31.3 Å². The van der Waals surface area contributed by atoms with Crippen LogP contribution in [0.15, 0.2) is 12.4 Å². The lowest BCUT2D eigenvalue weighted by atomic mass is 9.92. The van der Waals surface area contributed by atoms with Gasteiger partial charge in [-0.25, -0.2) is 9.97 Å². The molecule has 2 rings (SSSR count). The fraction of sp³-hybridized carbons (Fsp3) is 0.692. The Balaban J connectivity index is 1.93. The second-order valence-corrected chi connectivity index (χ2v) is 5.00. The summed E-state index contributed by atoms with van der Waals surface area (Å²) in [5.74, 6) is 2.19. The lowest BCUT2D eigenvalue weighted by molar-refractivity contribution is 0.372. The summed E-state index contributed by atoms with van der Waals surface area (Å²) >= 11 is 0. The minimum Gasteiger partial charge on any atom is -0.317 e. The largest absolute Gasteiger partial charge is 0.317 e. The molecule has 0 aliphatic carbocycles. The zero-order valence-electron chi connectivity index (χ0n) is 10.2. The highest BCUT2D eigenvalue weighted by Crippen LogP contribution is 2.17. The molecule has 88 valence electrons. The van der Waals surface area contributed by atoms with Gasteiger partial charge in [0.1, 0.15) is 5.82 Å². The summed E-state index contributed by atoms with van der Waals surface area (Å²) in [5, 5.41) is 3.39. The molecule has 1 aliphatic rings. The van der Waals surface area contributed by atoms with Crippen LogP contribution in [0.2, 0.25) is 0 Å². The van der Waals surface area contributed by atoms with Crippen molar-refractivity contribution in [1.82, 2.24) is 15.3 Å². The molecule has 1 fully saturated rings. The molecule has 1 N–H and O–H groups in total. The van der Waals surface area contributed by atoms with Crippen LogP contribution in [0.25, 0.3) is 0 Å². The van der Waals surface area contributed by atoms with Crippen LogP contribution in [0.3, 0.4) is 0 Å². The van der Waals surface area contributed by atoms with Crippen LogP contribution >= 0.6 is 0 Å². The highest BCUT2D eigenvalue weighted by Gasteiger charge is 2.14. The van der Waals surface area contributed by atoms with E-state index in [1.165, 1.54) is 18.4 Å².